The van der Waals surface area contributed by atoms with E-state index in [4.69, 9.17) is 5.26 Å². The molecule has 0 saturated carbocycles. The van der Waals surface area contributed by atoms with Gasteiger partial charge in [0.1, 0.15) is 12.0 Å². The lowest BCUT2D eigenvalue weighted by Gasteiger charge is -2.32. The van der Waals surface area contributed by atoms with E-state index in [0.29, 0.717) is 30.5 Å². The zero-order valence-electron chi connectivity index (χ0n) is 16.4. The molecule has 3 N–H and O–H groups in total. The molecule has 0 aromatic heterocycles. The summed E-state index contributed by atoms with van der Waals surface area (Å²) < 4.78 is 13.9. The van der Waals surface area contributed by atoms with Gasteiger partial charge in [0.2, 0.25) is 0 Å². The van der Waals surface area contributed by atoms with Crippen molar-refractivity contribution in [1.29, 1.82) is 5.26 Å². The zero-order chi connectivity index (χ0) is 19.9. The Morgan fingerprint density at radius 3 is 2.93 bits per heavy atom. The molecule has 0 spiro atoms. The summed E-state index contributed by atoms with van der Waals surface area (Å²) in [4.78, 5) is 2.16. The molecule has 0 aliphatic carbocycles. The van der Waals surface area contributed by atoms with E-state index < -0.39 is 6.23 Å². The molecule has 1 fully saturated rings. The maximum absolute atomic E-state index is 13.9. The third-order valence-corrected chi connectivity index (χ3v) is 5.54. The van der Waals surface area contributed by atoms with Crippen LogP contribution in [0.3, 0.4) is 0 Å². The van der Waals surface area contributed by atoms with Gasteiger partial charge in [-0.1, -0.05) is 25.1 Å². The van der Waals surface area contributed by atoms with Gasteiger partial charge in [-0.2, -0.15) is 5.26 Å². The summed E-state index contributed by atoms with van der Waals surface area (Å²) in [5.41, 5.74) is 1.43. The van der Waals surface area contributed by atoms with Crippen LogP contribution < -0.4 is 10.6 Å². The molecule has 1 saturated heterocycles. The molecule has 2 heterocycles. The standard InChI is InChI=1S/C22H29FN4O/c1-16(11-18-5-2-3-7-20(18)23)12-22(28)27-10-4-6-19(27)15-26-21-9-8-17(13-24)14-25-21/h2-3,5,7-9,16,19,22,25-26,28H,4,6,10-12,14-15H2,1H3/t16-,19+,22?/m1/s1. The van der Waals surface area contributed by atoms with Gasteiger partial charge in [0, 0.05) is 24.7 Å². The molecular formula is C22H29FN4O. The number of hydrogen-bond donors (Lipinski definition) is 3. The Balaban J connectivity index is 1.49. The van der Waals surface area contributed by atoms with Crippen LogP contribution >= 0.6 is 0 Å². The smallest absolute Gasteiger partial charge is 0.126 e. The normalized spacial score (nSPS) is 21.9. The number of dihydropyridines is 1. The van der Waals surface area contributed by atoms with Crippen LogP contribution in [0, 0.1) is 23.1 Å². The average Bonchev–Trinajstić information content (AvgIpc) is 3.17. The van der Waals surface area contributed by atoms with Gasteiger partial charge in [-0.3, -0.25) is 4.90 Å². The van der Waals surface area contributed by atoms with Crippen molar-refractivity contribution in [3.63, 3.8) is 0 Å². The Bertz CT molecular complexity index is 770. The van der Waals surface area contributed by atoms with Crippen molar-refractivity contribution in [3.8, 4) is 6.07 Å². The predicted octanol–water partition coefficient (Wildman–Crippen LogP) is 2.66. The van der Waals surface area contributed by atoms with Crippen LogP contribution in [0.5, 0.6) is 0 Å². The first-order valence-corrected chi connectivity index (χ1v) is 10.0. The van der Waals surface area contributed by atoms with E-state index in [2.05, 4.69) is 28.5 Å². The van der Waals surface area contributed by atoms with Gasteiger partial charge in [0.15, 0.2) is 0 Å². The number of aliphatic hydroxyl groups excluding tert-OH is 1. The summed E-state index contributed by atoms with van der Waals surface area (Å²) in [6, 6.07) is 9.27. The first kappa shape index (κ1) is 20.4. The van der Waals surface area contributed by atoms with Crippen LogP contribution in [-0.4, -0.2) is 41.9 Å². The van der Waals surface area contributed by atoms with E-state index in [9.17, 15) is 9.50 Å². The highest BCUT2D eigenvalue weighted by Gasteiger charge is 2.30. The van der Waals surface area contributed by atoms with Crippen molar-refractivity contribution in [2.75, 3.05) is 19.6 Å². The van der Waals surface area contributed by atoms with Gasteiger partial charge in [-0.25, -0.2) is 4.39 Å². The summed E-state index contributed by atoms with van der Waals surface area (Å²) in [5.74, 6) is 0.931. The largest absolute Gasteiger partial charge is 0.378 e. The highest BCUT2D eigenvalue weighted by molar-refractivity contribution is 5.32. The van der Waals surface area contributed by atoms with E-state index in [1.807, 2.05) is 24.3 Å². The van der Waals surface area contributed by atoms with Crippen molar-refractivity contribution in [1.82, 2.24) is 15.5 Å². The Morgan fingerprint density at radius 2 is 2.21 bits per heavy atom. The lowest BCUT2D eigenvalue weighted by molar-refractivity contribution is -0.0195. The number of benzene rings is 1. The van der Waals surface area contributed by atoms with Crippen LogP contribution in [0.2, 0.25) is 0 Å². The van der Waals surface area contributed by atoms with Crippen molar-refractivity contribution >= 4 is 0 Å². The topological polar surface area (TPSA) is 71.3 Å². The number of nitriles is 1. The summed E-state index contributed by atoms with van der Waals surface area (Å²) in [6.07, 6.45) is 6.55. The first-order chi connectivity index (χ1) is 13.6. The van der Waals surface area contributed by atoms with Gasteiger partial charge in [-0.05, 0) is 55.4 Å². The van der Waals surface area contributed by atoms with Gasteiger partial charge in [-0.15, -0.1) is 0 Å². The second kappa shape index (κ2) is 9.72. The van der Waals surface area contributed by atoms with Crippen molar-refractivity contribution < 1.29 is 9.50 Å². The molecular weight excluding hydrogens is 355 g/mol. The van der Waals surface area contributed by atoms with Gasteiger partial charge >= 0.3 is 0 Å². The Morgan fingerprint density at radius 1 is 1.39 bits per heavy atom. The minimum absolute atomic E-state index is 0.172. The lowest BCUT2D eigenvalue weighted by Crippen LogP contribution is -2.45. The first-order valence-electron chi connectivity index (χ1n) is 10.0. The minimum Gasteiger partial charge on any atom is -0.378 e. The Kier molecular flexibility index (Phi) is 7.07. The molecule has 0 amide bonds. The fourth-order valence-corrected chi connectivity index (χ4v) is 4.01. The summed E-state index contributed by atoms with van der Waals surface area (Å²) in [7, 11) is 0. The number of halogens is 1. The van der Waals surface area contributed by atoms with E-state index in [1.165, 1.54) is 6.07 Å². The minimum atomic E-state index is -0.519. The molecule has 2 aliphatic rings. The molecule has 3 atom stereocenters. The molecule has 3 rings (SSSR count). The summed E-state index contributed by atoms with van der Waals surface area (Å²) in [5, 5.41) is 26.2. The molecule has 2 aliphatic heterocycles. The highest BCUT2D eigenvalue weighted by atomic mass is 19.1. The fourth-order valence-electron chi connectivity index (χ4n) is 4.01. The van der Waals surface area contributed by atoms with Crippen molar-refractivity contribution in [2.45, 2.75) is 44.9 Å². The van der Waals surface area contributed by atoms with Crippen molar-refractivity contribution in [3.05, 3.63) is 59.2 Å². The maximum atomic E-state index is 13.9. The number of nitrogens with one attached hydrogen (secondary N) is 2. The van der Waals surface area contributed by atoms with E-state index in [1.54, 1.807) is 6.07 Å². The molecule has 1 unspecified atom stereocenters. The monoisotopic (exact) mass is 384 g/mol. The van der Waals surface area contributed by atoms with Gasteiger partial charge in [0.25, 0.3) is 0 Å². The quantitative estimate of drug-likeness (QED) is 0.643. The third kappa shape index (κ3) is 5.34. The van der Waals surface area contributed by atoms with Gasteiger partial charge in [0.05, 0.1) is 18.4 Å². The number of nitrogens with zero attached hydrogens (tertiary/aromatic N) is 2. The highest BCUT2D eigenvalue weighted by Crippen LogP contribution is 2.24. The molecule has 1 aromatic carbocycles. The van der Waals surface area contributed by atoms with Gasteiger partial charge < -0.3 is 15.7 Å². The Labute approximate surface area is 166 Å². The molecule has 28 heavy (non-hydrogen) atoms. The average molecular weight is 384 g/mol. The fraction of sp³-hybridized carbons (Fsp3) is 0.500. The summed E-state index contributed by atoms with van der Waals surface area (Å²) >= 11 is 0. The molecule has 6 heteroatoms. The Hall–Kier alpha value is -2.36. The SMILES string of the molecule is C[C@H](Cc1ccccc1F)CC(O)N1CCC[C@H]1CNC1=CC=C(C#N)CN1. The molecule has 5 nitrogen and oxygen atoms in total. The number of aliphatic hydroxyl groups is 1. The second-order valence-electron chi connectivity index (χ2n) is 7.77. The van der Waals surface area contributed by atoms with E-state index in [0.717, 1.165) is 31.8 Å². The molecule has 150 valence electrons. The number of allylic oxidation sites excluding steroid dienone is 2. The van der Waals surface area contributed by atoms with Crippen LogP contribution in [0.4, 0.5) is 4.39 Å². The predicted molar refractivity (Wildman–Crippen MR) is 107 cm³/mol. The van der Waals surface area contributed by atoms with Crippen LogP contribution in [0.1, 0.15) is 31.7 Å². The zero-order valence-corrected chi connectivity index (χ0v) is 16.4. The van der Waals surface area contributed by atoms with E-state index >= 15 is 0 Å². The number of hydrogen-bond acceptors (Lipinski definition) is 5. The van der Waals surface area contributed by atoms with Crippen molar-refractivity contribution in [2.24, 2.45) is 5.92 Å². The number of rotatable bonds is 8. The molecule has 0 bridgehead atoms. The van der Waals surface area contributed by atoms with Crippen LogP contribution in [0.15, 0.2) is 47.8 Å². The molecule has 1 aromatic rings. The van der Waals surface area contributed by atoms with E-state index in [-0.39, 0.29) is 17.8 Å². The maximum Gasteiger partial charge on any atom is 0.126 e. The second-order valence-corrected chi connectivity index (χ2v) is 7.77. The van der Waals surface area contributed by atoms with Crippen LogP contribution in [-0.2, 0) is 6.42 Å². The summed E-state index contributed by atoms with van der Waals surface area (Å²) in [6.45, 7) is 4.23. The molecule has 0 radical (unpaired) electrons. The third-order valence-electron chi connectivity index (χ3n) is 5.54. The number of likely N-dealkylation sites (tertiary alicyclic amines) is 1. The lowest BCUT2D eigenvalue weighted by atomic mass is 9.96. The van der Waals surface area contributed by atoms with Crippen LogP contribution in [0.25, 0.3) is 0 Å².